The average Bonchev–Trinajstić information content (AvgIpc) is 2.22. The molecular weight excluding hydrogens is 198 g/mol. The molecule has 1 aromatic rings. The van der Waals surface area contributed by atoms with E-state index in [0.717, 1.165) is 12.2 Å². The van der Waals surface area contributed by atoms with Crippen molar-refractivity contribution < 1.29 is 4.74 Å². The number of hydrogen-bond acceptors (Lipinski definition) is 2. The molecule has 2 N–H and O–H groups in total. The highest BCUT2D eigenvalue weighted by Gasteiger charge is 2.16. The molecule has 0 saturated heterocycles. The third kappa shape index (κ3) is 3.53. The summed E-state index contributed by atoms with van der Waals surface area (Å²) in [5.74, 6) is 0.983. The van der Waals surface area contributed by atoms with Gasteiger partial charge in [-0.05, 0) is 49.4 Å². The first-order chi connectivity index (χ1) is 7.48. The molecule has 0 aliphatic heterocycles. The number of benzene rings is 1. The summed E-state index contributed by atoms with van der Waals surface area (Å²) in [4.78, 5) is 0. The van der Waals surface area contributed by atoms with E-state index in [1.165, 1.54) is 11.1 Å². The molecule has 0 unspecified atom stereocenters. The molecule has 0 heterocycles. The van der Waals surface area contributed by atoms with E-state index in [1.54, 1.807) is 0 Å². The first kappa shape index (κ1) is 13.0. The molecule has 0 aliphatic carbocycles. The van der Waals surface area contributed by atoms with E-state index in [9.17, 15) is 0 Å². The van der Waals surface area contributed by atoms with E-state index in [4.69, 9.17) is 10.5 Å². The Bertz CT molecular complexity index is 345. The maximum Gasteiger partial charge on any atom is 0.122 e. The lowest BCUT2D eigenvalue weighted by Gasteiger charge is -2.22. The molecule has 0 radical (unpaired) electrons. The maximum atomic E-state index is 5.75. The summed E-state index contributed by atoms with van der Waals surface area (Å²) in [6, 6.07) is 6.39. The average molecular weight is 221 g/mol. The van der Waals surface area contributed by atoms with Crippen LogP contribution < -0.4 is 10.5 Å². The zero-order valence-electron chi connectivity index (χ0n) is 10.8. The fourth-order valence-electron chi connectivity index (χ4n) is 1.76. The van der Waals surface area contributed by atoms with Crippen LogP contribution in [0.5, 0.6) is 5.75 Å². The van der Waals surface area contributed by atoms with Gasteiger partial charge in [-0.3, -0.25) is 0 Å². The molecule has 0 aliphatic rings. The lowest BCUT2D eigenvalue weighted by atomic mass is 9.85. The largest absolute Gasteiger partial charge is 0.494 e. The van der Waals surface area contributed by atoms with Gasteiger partial charge in [-0.2, -0.15) is 0 Å². The Morgan fingerprint density at radius 2 is 2.00 bits per heavy atom. The van der Waals surface area contributed by atoms with Crippen LogP contribution in [0.25, 0.3) is 0 Å². The molecule has 0 spiro atoms. The molecule has 2 heteroatoms. The highest BCUT2D eigenvalue weighted by molar-refractivity contribution is 5.36. The van der Waals surface area contributed by atoms with E-state index in [2.05, 4.69) is 39.0 Å². The molecule has 0 aromatic heterocycles. The van der Waals surface area contributed by atoms with E-state index in [-0.39, 0.29) is 5.41 Å². The number of rotatable bonds is 5. The predicted molar refractivity (Wildman–Crippen MR) is 68.9 cm³/mol. The van der Waals surface area contributed by atoms with Crippen LogP contribution in [0.2, 0.25) is 0 Å². The van der Waals surface area contributed by atoms with Crippen LogP contribution in [0.15, 0.2) is 18.2 Å². The van der Waals surface area contributed by atoms with Crippen LogP contribution in [0.1, 0.15) is 31.9 Å². The minimum absolute atomic E-state index is 0.166. The Balaban J connectivity index is 2.81. The van der Waals surface area contributed by atoms with Crippen molar-refractivity contribution in [2.24, 2.45) is 11.1 Å². The molecule has 0 amide bonds. The van der Waals surface area contributed by atoms with Gasteiger partial charge in [0, 0.05) is 0 Å². The van der Waals surface area contributed by atoms with Gasteiger partial charge < -0.3 is 10.5 Å². The van der Waals surface area contributed by atoms with E-state index >= 15 is 0 Å². The van der Waals surface area contributed by atoms with E-state index in [1.807, 2.05) is 6.92 Å². The second-order valence-corrected chi connectivity index (χ2v) is 5.08. The Morgan fingerprint density at radius 1 is 1.31 bits per heavy atom. The quantitative estimate of drug-likeness (QED) is 0.829. The van der Waals surface area contributed by atoms with Crippen molar-refractivity contribution in [3.05, 3.63) is 29.3 Å². The van der Waals surface area contributed by atoms with Crippen molar-refractivity contribution in [1.29, 1.82) is 0 Å². The van der Waals surface area contributed by atoms with Gasteiger partial charge in [0.25, 0.3) is 0 Å². The van der Waals surface area contributed by atoms with Gasteiger partial charge in [0.05, 0.1) is 6.61 Å². The zero-order valence-corrected chi connectivity index (χ0v) is 10.8. The second kappa shape index (κ2) is 5.35. The molecule has 1 rings (SSSR count). The minimum Gasteiger partial charge on any atom is -0.494 e. The molecule has 90 valence electrons. The van der Waals surface area contributed by atoms with Crippen LogP contribution in [-0.2, 0) is 6.42 Å². The number of nitrogens with two attached hydrogens (primary N) is 1. The SMILES string of the molecule is CCOc1ccc(CC(C)(C)CN)cc1C. The summed E-state index contributed by atoms with van der Waals surface area (Å²) in [6.45, 7) is 9.90. The summed E-state index contributed by atoms with van der Waals surface area (Å²) in [7, 11) is 0. The summed E-state index contributed by atoms with van der Waals surface area (Å²) in [6.07, 6.45) is 1.01. The number of ether oxygens (including phenoxy) is 1. The molecule has 16 heavy (non-hydrogen) atoms. The summed E-state index contributed by atoms with van der Waals surface area (Å²) < 4.78 is 5.52. The van der Waals surface area contributed by atoms with Gasteiger partial charge in [-0.1, -0.05) is 26.0 Å². The number of aryl methyl sites for hydroxylation is 1. The van der Waals surface area contributed by atoms with Gasteiger partial charge in [-0.15, -0.1) is 0 Å². The van der Waals surface area contributed by atoms with Crippen LogP contribution in [0.4, 0.5) is 0 Å². The molecule has 0 bridgehead atoms. The highest BCUT2D eigenvalue weighted by atomic mass is 16.5. The van der Waals surface area contributed by atoms with Crippen LogP contribution in [0.3, 0.4) is 0 Å². The first-order valence-electron chi connectivity index (χ1n) is 5.91. The molecule has 1 aromatic carbocycles. The normalized spacial score (nSPS) is 11.6. The van der Waals surface area contributed by atoms with Gasteiger partial charge in [0.1, 0.15) is 5.75 Å². The predicted octanol–water partition coefficient (Wildman–Crippen LogP) is 2.92. The lowest BCUT2D eigenvalue weighted by Crippen LogP contribution is -2.25. The van der Waals surface area contributed by atoms with Crippen molar-refractivity contribution in [1.82, 2.24) is 0 Å². The van der Waals surface area contributed by atoms with Gasteiger partial charge in [0.2, 0.25) is 0 Å². The van der Waals surface area contributed by atoms with Gasteiger partial charge in [0.15, 0.2) is 0 Å². The first-order valence-corrected chi connectivity index (χ1v) is 5.91. The Hall–Kier alpha value is -1.02. The highest BCUT2D eigenvalue weighted by Crippen LogP contribution is 2.24. The zero-order chi connectivity index (χ0) is 12.2. The summed E-state index contributed by atoms with van der Waals surface area (Å²) >= 11 is 0. The van der Waals surface area contributed by atoms with Crippen LogP contribution in [-0.4, -0.2) is 13.2 Å². The Morgan fingerprint density at radius 3 is 2.50 bits per heavy atom. The Labute approximate surface area is 98.8 Å². The molecular formula is C14H23NO. The number of hydrogen-bond donors (Lipinski definition) is 1. The topological polar surface area (TPSA) is 35.2 Å². The fraction of sp³-hybridized carbons (Fsp3) is 0.571. The smallest absolute Gasteiger partial charge is 0.122 e. The Kier molecular flexibility index (Phi) is 4.36. The fourth-order valence-corrected chi connectivity index (χ4v) is 1.76. The van der Waals surface area contributed by atoms with Crippen molar-refractivity contribution in [3.63, 3.8) is 0 Å². The van der Waals surface area contributed by atoms with E-state index < -0.39 is 0 Å². The lowest BCUT2D eigenvalue weighted by molar-refractivity contribution is 0.337. The molecule has 0 fully saturated rings. The second-order valence-electron chi connectivity index (χ2n) is 5.08. The van der Waals surface area contributed by atoms with E-state index in [0.29, 0.717) is 13.2 Å². The van der Waals surface area contributed by atoms with Crippen molar-refractivity contribution in [2.45, 2.75) is 34.1 Å². The summed E-state index contributed by atoms with van der Waals surface area (Å²) in [5.41, 5.74) is 8.44. The van der Waals surface area contributed by atoms with Gasteiger partial charge >= 0.3 is 0 Å². The van der Waals surface area contributed by atoms with Crippen LogP contribution in [0, 0.1) is 12.3 Å². The minimum atomic E-state index is 0.166. The third-order valence-corrected chi connectivity index (χ3v) is 2.77. The molecule has 0 saturated carbocycles. The monoisotopic (exact) mass is 221 g/mol. The van der Waals surface area contributed by atoms with Crippen molar-refractivity contribution >= 4 is 0 Å². The maximum absolute atomic E-state index is 5.75. The standard InChI is InChI=1S/C14H23NO/c1-5-16-13-7-6-12(8-11(13)2)9-14(3,4)10-15/h6-8H,5,9-10,15H2,1-4H3. The van der Waals surface area contributed by atoms with Crippen LogP contribution >= 0.6 is 0 Å². The van der Waals surface area contributed by atoms with Crippen molar-refractivity contribution in [3.8, 4) is 5.75 Å². The third-order valence-electron chi connectivity index (χ3n) is 2.77. The summed E-state index contributed by atoms with van der Waals surface area (Å²) in [5, 5.41) is 0. The van der Waals surface area contributed by atoms with Gasteiger partial charge in [-0.25, -0.2) is 0 Å². The van der Waals surface area contributed by atoms with Crippen molar-refractivity contribution in [2.75, 3.05) is 13.2 Å². The molecule has 2 nitrogen and oxygen atoms in total. The molecule has 0 atom stereocenters.